The van der Waals surface area contributed by atoms with E-state index in [1.807, 2.05) is 0 Å². The third-order valence-corrected chi connectivity index (χ3v) is 3.27. The summed E-state index contributed by atoms with van der Waals surface area (Å²) >= 11 is 0. The van der Waals surface area contributed by atoms with Crippen LogP contribution in [0.2, 0.25) is 0 Å². The summed E-state index contributed by atoms with van der Waals surface area (Å²) in [6.45, 7) is 1.80. The van der Waals surface area contributed by atoms with Gasteiger partial charge in [-0.05, 0) is 32.1 Å². The lowest BCUT2D eigenvalue weighted by Gasteiger charge is -2.29. The molecule has 2 N–H and O–H groups in total. The van der Waals surface area contributed by atoms with E-state index in [2.05, 4.69) is 11.8 Å². The maximum Gasteiger partial charge on any atom is 0.0827 e. The first-order valence-electron chi connectivity index (χ1n) is 6.01. The molecule has 0 saturated heterocycles. The fourth-order valence-corrected chi connectivity index (χ4v) is 2.31. The van der Waals surface area contributed by atoms with Gasteiger partial charge in [0.25, 0.3) is 0 Å². The van der Waals surface area contributed by atoms with Gasteiger partial charge in [-0.1, -0.05) is 19.3 Å². The van der Waals surface area contributed by atoms with E-state index in [1.165, 1.54) is 19.3 Å². The summed E-state index contributed by atoms with van der Waals surface area (Å²) in [5.74, 6) is 6.02. The van der Waals surface area contributed by atoms with Crippen molar-refractivity contribution in [3.8, 4) is 11.8 Å². The Morgan fingerprint density at radius 1 is 1.20 bits per heavy atom. The van der Waals surface area contributed by atoms with Crippen LogP contribution < -0.4 is 0 Å². The minimum atomic E-state index is -0.589. The minimum Gasteiger partial charge on any atom is -0.390 e. The van der Waals surface area contributed by atoms with Crippen molar-refractivity contribution in [3.63, 3.8) is 0 Å². The normalized spacial score (nSPS) is 21.5. The first kappa shape index (κ1) is 12.5. The Bertz CT molecular complexity index is 220. The molecule has 0 aromatic heterocycles. The van der Waals surface area contributed by atoms with Gasteiger partial charge in [0.1, 0.15) is 0 Å². The van der Waals surface area contributed by atoms with E-state index < -0.39 is 12.2 Å². The van der Waals surface area contributed by atoms with Crippen LogP contribution in [0.15, 0.2) is 0 Å². The van der Waals surface area contributed by atoms with Crippen LogP contribution in [0.4, 0.5) is 0 Å². The molecule has 0 bridgehead atoms. The topological polar surface area (TPSA) is 40.5 Å². The highest BCUT2D eigenvalue weighted by atomic mass is 16.3. The highest BCUT2D eigenvalue weighted by molar-refractivity contribution is 4.95. The minimum absolute atomic E-state index is 0.309. The number of rotatable bonds is 4. The van der Waals surface area contributed by atoms with Crippen molar-refractivity contribution in [1.29, 1.82) is 0 Å². The second kappa shape index (κ2) is 6.87. The van der Waals surface area contributed by atoms with Crippen molar-refractivity contribution in [3.05, 3.63) is 0 Å². The molecule has 15 heavy (non-hydrogen) atoms. The van der Waals surface area contributed by atoms with Crippen molar-refractivity contribution in [1.82, 2.24) is 0 Å². The average molecular weight is 210 g/mol. The number of aliphatic hydroxyl groups excluding tert-OH is 2. The Labute approximate surface area is 92.7 Å². The predicted molar refractivity (Wildman–Crippen MR) is 61.3 cm³/mol. The Morgan fingerprint density at radius 3 is 2.47 bits per heavy atom. The summed E-state index contributed by atoms with van der Waals surface area (Å²) in [6, 6.07) is 0. The van der Waals surface area contributed by atoms with Crippen LogP contribution in [0.1, 0.15) is 51.9 Å². The quantitative estimate of drug-likeness (QED) is 0.698. The first-order chi connectivity index (χ1) is 7.25. The molecule has 0 aliphatic heterocycles. The monoisotopic (exact) mass is 210 g/mol. The van der Waals surface area contributed by atoms with Gasteiger partial charge in [-0.25, -0.2) is 0 Å². The number of aliphatic hydroxyl groups is 2. The van der Waals surface area contributed by atoms with Gasteiger partial charge in [-0.3, -0.25) is 0 Å². The zero-order valence-electron chi connectivity index (χ0n) is 9.58. The van der Waals surface area contributed by atoms with Crippen molar-refractivity contribution in [2.45, 2.75) is 64.1 Å². The molecule has 1 aliphatic rings. The summed E-state index contributed by atoms with van der Waals surface area (Å²) < 4.78 is 0. The van der Waals surface area contributed by atoms with E-state index in [9.17, 15) is 10.2 Å². The molecule has 0 spiro atoms. The smallest absolute Gasteiger partial charge is 0.0827 e. The lowest BCUT2D eigenvalue weighted by atomic mass is 9.82. The Kier molecular flexibility index (Phi) is 5.75. The fraction of sp³-hybridized carbons (Fsp3) is 0.846. The Balaban J connectivity index is 2.29. The molecule has 86 valence electrons. The van der Waals surface area contributed by atoms with Crippen LogP contribution in [0.3, 0.4) is 0 Å². The molecule has 2 unspecified atom stereocenters. The van der Waals surface area contributed by atoms with Gasteiger partial charge in [0.2, 0.25) is 0 Å². The Morgan fingerprint density at radius 2 is 1.87 bits per heavy atom. The molecule has 0 aromatic rings. The first-order valence-corrected chi connectivity index (χ1v) is 6.01. The van der Waals surface area contributed by atoms with E-state index >= 15 is 0 Å². The highest BCUT2D eigenvalue weighted by Crippen LogP contribution is 2.28. The van der Waals surface area contributed by atoms with E-state index in [1.54, 1.807) is 6.92 Å². The molecule has 0 heterocycles. The van der Waals surface area contributed by atoms with Crippen LogP contribution in [-0.2, 0) is 0 Å². The van der Waals surface area contributed by atoms with Crippen LogP contribution in [0.5, 0.6) is 0 Å². The fourth-order valence-electron chi connectivity index (χ4n) is 2.31. The van der Waals surface area contributed by atoms with E-state index in [0.29, 0.717) is 18.8 Å². The summed E-state index contributed by atoms with van der Waals surface area (Å²) in [5.41, 5.74) is 0. The lowest BCUT2D eigenvalue weighted by molar-refractivity contribution is -0.0297. The second-order valence-corrected chi connectivity index (χ2v) is 4.42. The molecule has 1 saturated carbocycles. The zero-order valence-corrected chi connectivity index (χ0v) is 9.58. The van der Waals surface area contributed by atoms with Gasteiger partial charge in [0, 0.05) is 6.42 Å². The summed E-state index contributed by atoms with van der Waals surface area (Å²) in [4.78, 5) is 0. The van der Waals surface area contributed by atoms with E-state index in [-0.39, 0.29) is 0 Å². The molecular weight excluding hydrogens is 188 g/mol. The standard InChI is InChI=1S/C13H22O2/c1-2-3-5-10-12(14)13(15)11-8-6-4-7-9-11/h11-15H,4-10H2,1H3. The van der Waals surface area contributed by atoms with Crippen molar-refractivity contribution >= 4 is 0 Å². The Hall–Kier alpha value is -0.520. The zero-order chi connectivity index (χ0) is 11.1. The predicted octanol–water partition coefficient (Wildman–Crippen LogP) is 2.09. The maximum atomic E-state index is 9.94. The van der Waals surface area contributed by atoms with Crippen molar-refractivity contribution in [2.75, 3.05) is 0 Å². The van der Waals surface area contributed by atoms with E-state index in [0.717, 1.165) is 12.8 Å². The molecule has 2 atom stereocenters. The maximum absolute atomic E-state index is 9.94. The second-order valence-electron chi connectivity index (χ2n) is 4.42. The van der Waals surface area contributed by atoms with Crippen molar-refractivity contribution < 1.29 is 10.2 Å². The molecule has 2 heteroatoms. The van der Waals surface area contributed by atoms with E-state index in [4.69, 9.17) is 0 Å². The highest BCUT2D eigenvalue weighted by Gasteiger charge is 2.26. The van der Waals surface area contributed by atoms with Gasteiger partial charge < -0.3 is 10.2 Å². The molecule has 2 nitrogen and oxygen atoms in total. The van der Waals surface area contributed by atoms with Gasteiger partial charge in [0.05, 0.1) is 12.2 Å². The number of hydrogen-bond donors (Lipinski definition) is 2. The lowest BCUT2D eigenvalue weighted by Crippen LogP contribution is -2.34. The molecule has 1 aliphatic carbocycles. The average Bonchev–Trinajstić information content (AvgIpc) is 2.29. The van der Waals surface area contributed by atoms with Crippen LogP contribution in [0, 0.1) is 17.8 Å². The largest absolute Gasteiger partial charge is 0.390 e. The van der Waals surface area contributed by atoms with Gasteiger partial charge in [-0.2, -0.15) is 0 Å². The van der Waals surface area contributed by atoms with Crippen LogP contribution >= 0.6 is 0 Å². The molecule has 0 amide bonds. The third kappa shape index (κ3) is 4.24. The molecule has 1 rings (SSSR count). The van der Waals surface area contributed by atoms with Crippen LogP contribution in [0.25, 0.3) is 0 Å². The van der Waals surface area contributed by atoms with Gasteiger partial charge in [0.15, 0.2) is 0 Å². The van der Waals surface area contributed by atoms with Gasteiger partial charge >= 0.3 is 0 Å². The summed E-state index contributed by atoms with van der Waals surface area (Å²) in [5, 5.41) is 19.7. The summed E-state index contributed by atoms with van der Waals surface area (Å²) in [7, 11) is 0. The van der Waals surface area contributed by atoms with Gasteiger partial charge in [-0.15, -0.1) is 11.8 Å². The third-order valence-electron chi connectivity index (χ3n) is 3.27. The molecule has 1 fully saturated rings. The number of hydrogen-bond acceptors (Lipinski definition) is 2. The SMILES string of the molecule is CC#CCCC(O)C(O)C1CCCCC1. The molecular formula is C13H22O2. The summed E-state index contributed by atoms with van der Waals surface area (Å²) in [6.07, 6.45) is 5.96. The van der Waals surface area contributed by atoms with Crippen molar-refractivity contribution in [2.24, 2.45) is 5.92 Å². The molecule has 0 radical (unpaired) electrons. The molecule has 0 aromatic carbocycles. The van der Waals surface area contributed by atoms with Crippen LogP contribution in [-0.4, -0.2) is 22.4 Å².